The van der Waals surface area contributed by atoms with Crippen LogP contribution in [0.5, 0.6) is 5.75 Å². The van der Waals surface area contributed by atoms with E-state index < -0.39 is 0 Å². The third-order valence-electron chi connectivity index (χ3n) is 2.25. The number of nitrogens with one attached hydrogen (secondary N) is 1. The van der Waals surface area contributed by atoms with E-state index in [1.54, 1.807) is 13.3 Å². The second-order valence-corrected chi connectivity index (χ2v) is 5.03. The van der Waals surface area contributed by atoms with Gasteiger partial charge in [-0.2, -0.15) is 0 Å². The maximum atomic E-state index is 5.12. The highest BCUT2D eigenvalue weighted by atomic mass is 16.5. The first-order valence-electron chi connectivity index (χ1n) is 5.92. The molecule has 0 bridgehead atoms. The molecule has 0 aromatic carbocycles. The third-order valence-corrected chi connectivity index (χ3v) is 2.25. The van der Waals surface area contributed by atoms with Crippen LogP contribution in [0.15, 0.2) is 24.5 Å². The van der Waals surface area contributed by atoms with E-state index in [4.69, 9.17) is 4.74 Å². The van der Waals surface area contributed by atoms with Crippen LogP contribution in [0.3, 0.4) is 0 Å². The zero-order valence-corrected chi connectivity index (χ0v) is 11.2. The molecule has 0 aliphatic heterocycles. The van der Waals surface area contributed by atoms with Crippen molar-refractivity contribution in [1.29, 1.82) is 0 Å². The number of ether oxygens (including phenoxy) is 1. The molecule has 0 atom stereocenters. The Bertz CT molecular complexity index is 367. The Hall–Kier alpha value is -1.35. The molecule has 0 amide bonds. The molecule has 0 aliphatic rings. The first kappa shape index (κ1) is 13.7. The van der Waals surface area contributed by atoms with E-state index in [9.17, 15) is 0 Å². The van der Waals surface area contributed by atoms with Crippen molar-refractivity contribution in [2.24, 2.45) is 0 Å². The fourth-order valence-corrected chi connectivity index (χ4v) is 1.39. The Kier molecular flexibility index (Phi) is 5.16. The lowest BCUT2D eigenvalue weighted by atomic mass is 10.1. The van der Waals surface area contributed by atoms with Gasteiger partial charge in [-0.1, -0.05) is 12.2 Å². The fourth-order valence-electron chi connectivity index (χ4n) is 1.39. The van der Waals surface area contributed by atoms with Crippen LogP contribution in [0.1, 0.15) is 32.8 Å². The van der Waals surface area contributed by atoms with Gasteiger partial charge in [0.15, 0.2) is 0 Å². The molecular weight excluding hydrogens is 212 g/mol. The number of rotatable bonds is 5. The first-order valence-corrected chi connectivity index (χ1v) is 5.92. The summed E-state index contributed by atoms with van der Waals surface area (Å²) in [6.07, 6.45) is 8.76. The molecule has 1 rings (SSSR count). The van der Waals surface area contributed by atoms with Gasteiger partial charge >= 0.3 is 0 Å². The summed E-state index contributed by atoms with van der Waals surface area (Å²) in [5, 5.41) is 3.44. The first-order chi connectivity index (χ1) is 8.01. The average molecular weight is 234 g/mol. The number of aromatic nitrogens is 1. The number of hydrogen-bond acceptors (Lipinski definition) is 3. The molecule has 3 nitrogen and oxygen atoms in total. The van der Waals surface area contributed by atoms with Crippen molar-refractivity contribution in [3.05, 3.63) is 30.1 Å². The normalized spacial score (nSPS) is 12.0. The molecule has 94 valence electrons. The molecule has 1 aromatic rings. The van der Waals surface area contributed by atoms with Gasteiger partial charge in [0, 0.05) is 11.7 Å². The minimum absolute atomic E-state index is 0.186. The number of hydrogen-bond donors (Lipinski definition) is 1. The van der Waals surface area contributed by atoms with Gasteiger partial charge in [-0.3, -0.25) is 4.98 Å². The molecule has 0 saturated heterocycles. The zero-order valence-electron chi connectivity index (χ0n) is 11.2. The smallest absolute Gasteiger partial charge is 0.137 e. The van der Waals surface area contributed by atoms with Crippen molar-refractivity contribution in [3.63, 3.8) is 0 Å². The summed E-state index contributed by atoms with van der Waals surface area (Å²) in [7, 11) is 1.65. The predicted molar refractivity (Wildman–Crippen MR) is 72.2 cm³/mol. The topological polar surface area (TPSA) is 34.1 Å². The number of nitrogens with zero attached hydrogens (tertiary/aromatic N) is 1. The zero-order chi connectivity index (χ0) is 12.7. The molecule has 0 unspecified atom stereocenters. The van der Waals surface area contributed by atoms with Crippen LogP contribution in [0.4, 0.5) is 0 Å². The Morgan fingerprint density at radius 3 is 2.76 bits per heavy atom. The Labute approximate surface area is 104 Å². The molecule has 0 radical (unpaired) electrons. The maximum absolute atomic E-state index is 5.12. The van der Waals surface area contributed by atoms with Gasteiger partial charge in [-0.25, -0.2) is 0 Å². The second kappa shape index (κ2) is 6.40. The highest BCUT2D eigenvalue weighted by Crippen LogP contribution is 2.11. The van der Waals surface area contributed by atoms with Crippen LogP contribution in [0.25, 0.3) is 6.08 Å². The summed E-state index contributed by atoms with van der Waals surface area (Å²) in [6.45, 7) is 7.49. The van der Waals surface area contributed by atoms with Gasteiger partial charge in [0.2, 0.25) is 0 Å². The second-order valence-electron chi connectivity index (χ2n) is 5.03. The van der Waals surface area contributed by atoms with Crippen LogP contribution in [0.2, 0.25) is 0 Å². The SMILES string of the molecule is COc1cncc(C=CCCNC(C)(C)C)c1. The molecule has 0 spiro atoms. The highest BCUT2D eigenvalue weighted by molar-refractivity contribution is 5.49. The lowest BCUT2D eigenvalue weighted by Gasteiger charge is -2.19. The quantitative estimate of drug-likeness (QED) is 0.795. The van der Waals surface area contributed by atoms with Crippen molar-refractivity contribution >= 4 is 6.08 Å². The summed E-state index contributed by atoms with van der Waals surface area (Å²) >= 11 is 0. The Balaban J connectivity index is 2.38. The van der Waals surface area contributed by atoms with Gasteiger partial charge < -0.3 is 10.1 Å². The van der Waals surface area contributed by atoms with Crippen molar-refractivity contribution < 1.29 is 4.74 Å². The van der Waals surface area contributed by atoms with E-state index in [1.807, 2.05) is 12.3 Å². The van der Waals surface area contributed by atoms with Crippen molar-refractivity contribution in [2.75, 3.05) is 13.7 Å². The van der Waals surface area contributed by atoms with Crippen LogP contribution < -0.4 is 10.1 Å². The average Bonchev–Trinajstić information content (AvgIpc) is 2.27. The van der Waals surface area contributed by atoms with Gasteiger partial charge in [0.1, 0.15) is 5.75 Å². The van der Waals surface area contributed by atoms with E-state index in [0.717, 1.165) is 24.3 Å². The third kappa shape index (κ3) is 6.07. The summed E-state index contributed by atoms with van der Waals surface area (Å²) in [6, 6.07) is 1.97. The molecule has 1 aromatic heterocycles. The lowest BCUT2D eigenvalue weighted by Crippen LogP contribution is -2.36. The Morgan fingerprint density at radius 1 is 1.35 bits per heavy atom. The molecule has 1 N–H and O–H groups in total. The standard InChI is InChI=1S/C14H22N2O/c1-14(2,3)16-8-6-5-7-12-9-13(17-4)11-15-10-12/h5,7,9-11,16H,6,8H2,1-4H3. The van der Waals surface area contributed by atoms with E-state index in [2.05, 4.69) is 43.2 Å². The van der Waals surface area contributed by atoms with Gasteiger partial charge in [0.25, 0.3) is 0 Å². The molecule has 0 fully saturated rings. The van der Waals surface area contributed by atoms with Crippen molar-refractivity contribution in [1.82, 2.24) is 10.3 Å². The molecule has 3 heteroatoms. The summed E-state index contributed by atoms with van der Waals surface area (Å²) in [5.74, 6) is 0.792. The predicted octanol–water partition coefficient (Wildman–Crippen LogP) is 2.88. The monoisotopic (exact) mass is 234 g/mol. The minimum atomic E-state index is 0.186. The summed E-state index contributed by atoms with van der Waals surface area (Å²) in [4.78, 5) is 4.10. The highest BCUT2D eigenvalue weighted by Gasteiger charge is 2.06. The van der Waals surface area contributed by atoms with Crippen LogP contribution in [-0.4, -0.2) is 24.2 Å². The molecule has 1 heterocycles. The summed E-state index contributed by atoms with van der Waals surface area (Å²) in [5.41, 5.74) is 1.26. The van der Waals surface area contributed by atoms with Crippen LogP contribution in [-0.2, 0) is 0 Å². The lowest BCUT2D eigenvalue weighted by molar-refractivity contribution is 0.413. The largest absolute Gasteiger partial charge is 0.495 e. The maximum Gasteiger partial charge on any atom is 0.137 e. The minimum Gasteiger partial charge on any atom is -0.495 e. The van der Waals surface area contributed by atoms with Gasteiger partial charge in [0.05, 0.1) is 13.3 Å². The molecular formula is C14H22N2O. The molecule has 0 aliphatic carbocycles. The van der Waals surface area contributed by atoms with E-state index >= 15 is 0 Å². The van der Waals surface area contributed by atoms with E-state index in [0.29, 0.717) is 0 Å². The molecule has 17 heavy (non-hydrogen) atoms. The number of methoxy groups -OCH3 is 1. The van der Waals surface area contributed by atoms with Gasteiger partial charge in [-0.15, -0.1) is 0 Å². The number of pyridine rings is 1. The van der Waals surface area contributed by atoms with Crippen LogP contribution in [0, 0.1) is 0 Å². The van der Waals surface area contributed by atoms with E-state index in [-0.39, 0.29) is 5.54 Å². The molecule has 0 saturated carbocycles. The summed E-state index contributed by atoms with van der Waals surface area (Å²) < 4.78 is 5.12. The van der Waals surface area contributed by atoms with Crippen LogP contribution >= 0.6 is 0 Å². The fraction of sp³-hybridized carbons (Fsp3) is 0.500. The van der Waals surface area contributed by atoms with Crippen molar-refractivity contribution in [3.8, 4) is 5.75 Å². The van der Waals surface area contributed by atoms with Gasteiger partial charge in [-0.05, 0) is 45.4 Å². The van der Waals surface area contributed by atoms with Crippen molar-refractivity contribution in [2.45, 2.75) is 32.7 Å². The van der Waals surface area contributed by atoms with E-state index in [1.165, 1.54) is 0 Å². The Morgan fingerprint density at radius 2 is 2.12 bits per heavy atom.